The van der Waals surface area contributed by atoms with Crippen LogP contribution >= 0.6 is 11.6 Å². The van der Waals surface area contributed by atoms with E-state index >= 15 is 0 Å². The zero-order valence-corrected chi connectivity index (χ0v) is 18.9. The number of fused-ring (bicyclic) bond motifs is 1. The highest BCUT2D eigenvalue weighted by molar-refractivity contribution is 6.31. The van der Waals surface area contributed by atoms with Crippen molar-refractivity contribution in [3.05, 3.63) is 17.2 Å². The van der Waals surface area contributed by atoms with Crippen molar-refractivity contribution in [1.82, 2.24) is 9.88 Å². The predicted molar refractivity (Wildman–Crippen MR) is 117 cm³/mol. The van der Waals surface area contributed by atoms with E-state index in [1.165, 1.54) is 12.8 Å². The van der Waals surface area contributed by atoms with Gasteiger partial charge in [-0.05, 0) is 59.4 Å². The van der Waals surface area contributed by atoms with E-state index in [1.807, 2.05) is 27.7 Å². The van der Waals surface area contributed by atoms with E-state index < -0.39 is 5.60 Å². The second-order valence-electron chi connectivity index (χ2n) is 9.24. The van der Waals surface area contributed by atoms with Crippen LogP contribution in [-0.2, 0) is 4.74 Å². The Labute approximate surface area is 182 Å². The van der Waals surface area contributed by atoms with E-state index in [0.717, 1.165) is 12.8 Å². The van der Waals surface area contributed by atoms with E-state index in [9.17, 15) is 4.79 Å². The first-order valence-corrected chi connectivity index (χ1v) is 11.1. The molecule has 164 valence electrons. The Bertz CT molecular complexity index is 917. The van der Waals surface area contributed by atoms with Crippen LogP contribution in [0.25, 0.3) is 11.1 Å². The summed E-state index contributed by atoms with van der Waals surface area (Å²) in [6, 6.07) is 4.17. The summed E-state index contributed by atoms with van der Waals surface area (Å²) in [4.78, 5) is 20.9. The van der Waals surface area contributed by atoms with Crippen molar-refractivity contribution in [2.75, 3.05) is 24.5 Å². The Morgan fingerprint density at radius 1 is 1.23 bits per heavy atom. The highest BCUT2D eigenvalue weighted by Gasteiger charge is 2.32. The number of ether oxygens (including phenoxy) is 2. The maximum Gasteiger partial charge on any atom is 0.410 e. The lowest BCUT2D eigenvalue weighted by atomic mass is 10.2. The molecular weight excluding hydrogens is 406 g/mol. The number of oxazole rings is 1. The second-order valence-corrected chi connectivity index (χ2v) is 9.68. The molecule has 0 N–H and O–H groups in total. The molecule has 0 spiro atoms. The highest BCUT2D eigenvalue weighted by Crippen LogP contribution is 2.36. The molecule has 1 aliphatic carbocycles. The molecule has 2 aliphatic rings. The van der Waals surface area contributed by atoms with Gasteiger partial charge in [-0.1, -0.05) is 11.6 Å². The molecule has 1 saturated carbocycles. The van der Waals surface area contributed by atoms with Crippen LogP contribution in [-0.4, -0.2) is 53.4 Å². The third-order valence-electron chi connectivity index (χ3n) is 5.53. The SMILES string of the molecule is CC1CN(C(=O)OC(C)(C)C)CCN1c1nc2cc(Cl)cc(OC3CCCC3)c2o1. The van der Waals surface area contributed by atoms with Gasteiger partial charge in [-0.3, -0.25) is 0 Å². The van der Waals surface area contributed by atoms with Crippen LogP contribution in [0.15, 0.2) is 16.5 Å². The molecule has 0 radical (unpaired) electrons. The van der Waals surface area contributed by atoms with Gasteiger partial charge in [-0.25, -0.2) is 4.79 Å². The summed E-state index contributed by atoms with van der Waals surface area (Å²) in [5.74, 6) is 0.656. The molecule has 1 saturated heterocycles. The van der Waals surface area contributed by atoms with Crippen LogP contribution in [0.3, 0.4) is 0 Å². The molecule has 1 unspecified atom stereocenters. The average Bonchev–Trinajstić information content (AvgIpc) is 3.29. The lowest BCUT2D eigenvalue weighted by Gasteiger charge is -2.39. The quantitative estimate of drug-likeness (QED) is 0.656. The Kier molecular flexibility index (Phi) is 5.75. The molecule has 4 rings (SSSR count). The molecule has 1 aromatic heterocycles. The number of piperazine rings is 1. The first kappa shape index (κ1) is 21.1. The molecule has 2 heterocycles. The minimum absolute atomic E-state index is 0.0361. The normalized spacial score (nSPS) is 20.8. The molecule has 0 bridgehead atoms. The summed E-state index contributed by atoms with van der Waals surface area (Å²) in [5, 5.41) is 0.582. The Hall–Kier alpha value is -2.15. The van der Waals surface area contributed by atoms with Crippen LogP contribution in [0.5, 0.6) is 5.75 Å². The number of nitrogens with zero attached hydrogens (tertiary/aromatic N) is 3. The van der Waals surface area contributed by atoms with Gasteiger partial charge in [-0.2, -0.15) is 4.98 Å². The van der Waals surface area contributed by atoms with Gasteiger partial charge in [0.05, 0.1) is 6.10 Å². The monoisotopic (exact) mass is 435 g/mol. The molecular formula is C22H30ClN3O4. The first-order valence-electron chi connectivity index (χ1n) is 10.7. The van der Waals surface area contributed by atoms with Crippen molar-refractivity contribution < 1.29 is 18.7 Å². The lowest BCUT2D eigenvalue weighted by Crippen LogP contribution is -2.54. The summed E-state index contributed by atoms with van der Waals surface area (Å²) in [6.07, 6.45) is 4.41. The minimum atomic E-state index is -0.507. The minimum Gasteiger partial charge on any atom is -0.486 e. The molecule has 2 aromatic rings. The summed E-state index contributed by atoms with van der Waals surface area (Å²) in [5.41, 5.74) is 0.808. The van der Waals surface area contributed by atoms with Gasteiger partial charge >= 0.3 is 6.09 Å². The molecule has 30 heavy (non-hydrogen) atoms. The van der Waals surface area contributed by atoms with Crippen LogP contribution in [0.4, 0.5) is 10.8 Å². The van der Waals surface area contributed by atoms with Crippen molar-refractivity contribution >= 4 is 34.8 Å². The fraction of sp³-hybridized carbons (Fsp3) is 0.636. The third-order valence-corrected chi connectivity index (χ3v) is 5.75. The van der Waals surface area contributed by atoms with Crippen molar-refractivity contribution in [1.29, 1.82) is 0 Å². The van der Waals surface area contributed by atoms with Crippen molar-refractivity contribution in [2.24, 2.45) is 0 Å². The molecule has 7 nitrogen and oxygen atoms in total. The number of halogens is 1. The van der Waals surface area contributed by atoms with Crippen molar-refractivity contribution in [3.8, 4) is 5.75 Å². The van der Waals surface area contributed by atoms with E-state index in [4.69, 9.17) is 25.5 Å². The Balaban J connectivity index is 1.51. The number of hydrogen-bond acceptors (Lipinski definition) is 6. The molecule has 1 aromatic carbocycles. The standard InChI is InChI=1S/C22H30ClN3O4/c1-14-13-25(21(27)30-22(2,3)4)9-10-26(14)20-24-17-11-15(23)12-18(19(17)29-20)28-16-7-5-6-8-16/h11-12,14,16H,5-10,13H2,1-4H3. The Morgan fingerprint density at radius 3 is 2.63 bits per heavy atom. The van der Waals surface area contributed by atoms with Gasteiger partial charge in [0.15, 0.2) is 11.3 Å². The first-order chi connectivity index (χ1) is 14.2. The third kappa shape index (κ3) is 4.61. The molecule has 1 aliphatic heterocycles. The number of carbonyl (C=O) groups excluding carboxylic acids is 1. The zero-order chi connectivity index (χ0) is 21.5. The van der Waals surface area contributed by atoms with Gasteiger partial charge in [-0.15, -0.1) is 0 Å². The summed E-state index contributed by atoms with van der Waals surface area (Å²) >= 11 is 6.31. The topological polar surface area (TPSA) is 68.0 Å². The van der Waals surface area contributed by atoms with Crippen LogP contribution in [0.1, 0.15) is 53.4 Å². The highest BCUT2D eigenvalue weighted by atomic mass is 35.5. The number of rotatable bonds is 3. The summed E-state index contributed by atoms with van der Waals surface area (Å²) in [7, 11) is 0. The van der Waals surface area contributed by atoms with Gasteiger partial charge in [0.2, 0.25) is 0 Å². The van der Waals surface area contributed by atoms with E-state index in [1.54, 1.807) is 17.0 Å². The number of hydrogen-bond donors (Lipinski definition) is 0. The van der Waals surface area contributed by atoms with Crippen LogP contribution in [0.2, 0.25) is 5.02 Å². The van der Waals surface area contributed by atoms with E-state index in [0.29, 0.717) is 47.5 Å². The van der Waals surface area contributed by atoms with Crippen molar-refractivity contribution in [3.63, 3.8) is 0 Å². The van der Waals surface area contributed by atoms with Gasteiger partial charge in [0.25, 0.3) is 6.01 Å². The molecule has 8 heteroatoms. The van der Waals surface area contributed by atoms with Gasteiger partial charge < -0.3 is 23.7 Å². The largest absolute Gasteiger partial charge is 0.486 e. The molecule has 2 fully saturated rings. The second kappa shape index (κ2) is 8.17. The average molecular weight is 436 g/mol. The van der Waals surface area contributed by atoms with Gasteiger partial charge in [0.1, 0.15) is 11.1 Å². The fourth-order valence-electron chi connectivity index (χ4n) is 4.09. The number of carbonyl (C=O) groups is 1. The fourth-order valence-corrected chi connectivity index (χ4v) is 4.29. The molecule has 1 amide bonds. The number of amides is 1. The van der Waals surface area contributed by atoms with Gasteiger partial charge in [0, 0.05) is 36.8 Å². The van der Waals surface area contributed by atoms with Crippen LogP contribution < -0.4 is 9.64 Å². The summed E-state index contributed by atoms with van der Waals surface area (Å²) < 4.78 is 17.8. The maximum atomic E-state index is 12.4. The predicted octanol–water partition coefficient (Wildman–Crippen LogP) is 5.25. The smallest absolute Gasteiger partial charge is 0.410 e. The van der Waals surface area contributed by atoms with E-state index in [2.05, 4.69) is 9.88 Å². The van der Waals surface area contributed by atoms with Crippen molar-refractivity contribution in [2.45, 2.75) is 71.1 Å². The number of aromatic nitrogens is 1. The van der Waals surface area contributed by atoms with Crippen LogP contribution in [0, 0.1) is 0 Å². The maximum absolute atomic E-state index is 12.4. The number of anilines is 1. The lowest BCUT2D eigenvalue weighted by molar-refractivity contribution is 0.0216. The number of benzene rings is 1. The Morgan fingerprint density at radius 2 is 1.97 bits per heavy atom. The van der Waals surface area contributed by atoms with E-state index in [-0.39, 0.29) is 18.2 Å². The summed E-state index contributed by atoms with van der Waals surface area (Å²) in [6.45, 7) is 9.37. The zero-order valence-electron chi connectivity index (χ0n) is 18.1. The molecule has 1 atom stereocenters.